The molecular formula is C16H19FN4O3. The average molecular weight is 334 g/mol. The van der Waals surface area contributed by atoms with Crippen LogP contribution in [0.2, 0.25) is 0 Å². The van der Waals surface area contributed by atoms with E-state index in [-0.39, 0.29) is 24.0 Å². The molecule has 24 heavy (non-hydrogen) atoms. The molecule has 2 aromatic rings. The Hall–Kier alpha value is -2.77. The van der Waals surface area contributed by atoms with Gasteiger partial charge in [-0.2, -0.15) is 0 Å². The van der Waals surface area contributed by atoms with Crippen molar-refractivity contribution in [1.29, 1.82) is 0 Å². The van der Waals surface area contributed by atoms with E-state index < -0.39 is 17.9 Å². The summed E-state index contributed by atoms with van der Waals surface area (Å²) in [6.07, 6.45) is 2.01. The summed E-state index contributed by atoms with van der Waals surface area (Å²) in [4.78, 5) is 23.4. The molecule has 1 heterocycles. The number of hydrogen-bond donors (Lipinski definition) is 2. The normalized spacial score (nSPS) is 13.3. The molecule has 1 aromatic carbocycles. The monoisotopic (exact) mass is 334 g/mol. The highest BCUT2D eigenvalue weighted by atomic mass is 19.1. The minimum atomic E-state index is -1.09. The van der Waals surface area contributed by atoms with Gasteiger partial charge in [0.25, 0.3) is 5.91 Å². The van der Waals surface area contributed by atoms with Crippen LogP contribution < -0.4 is 5.32 Å². The Balaban J connectivity index is 2.06. The first-order valence-electron chi connectivity index (χ1n) is 7.59. The molecule has 0 bridgehead atoms. The first kappa shape index (κ1) is 17.6. The van der Waals surface area contributed by atoms with Crippen LogP contribution in [-0.2, 0) is 11.3 Å². The van der Waals surface area contributed by atoms with Gasteiger partial charge in [-0.15, -0.1) is 5.10 Å². The number of carbonyl (C=O) groups is 2. The van der Waals surface area contributed by atoms with E-state index in [1.54, 1.807) is 19.1 Å². The molecule has 2 atom stereocenters. The van der Waals surface area contributed by atoms with Crippen molar-refractivity contribution in [1.82, 2.24) is 20.3 Å². The number of carbonyl (C=O) groups excluding carboxylic acids is 1. The molecule has 2 rings (SSSR count). The number of nitrogens with one attached hydrogen (secondary N) is 1. The zero-order chi connectivity index (χ0) is 17.7. The van der Waals surface area contributed by atoms with E-state index in [1.807, 2.05) is 6.92 Å². The number of rotatable bonds is 7. The molecule has 1 amide bonds. The number of halogens is 1. The Morgan fingerprint density at radius 2 is 2.17 bits per heavy atom. The van der Waals surface area contributed by atoms with E-state index in [1.165, 1.54) is 23.0 Å². The molecule has 0 radical (unpaired) electrons. The van der Waals surface area contributed by atoms with Crippen molar-refractivity contribution < 1.29 is 19.1 Å². The molecule has 2 N–H and O–H groups in total. The van der Waals surface area contributed by atoms with E-state index in [0.717, 1.165) is 0 Å². The third kappa shape index (κ3) is 4.37. The van der Waals surface area contributed by atoms with Gasteiger partial charge < -0.3 is 10.4 Å². The van der Waals surface area contributed by atoms with Crippen LogP contribution >= 0.6 is 0 Å². The van der Waals surface area contributed by atoms with Crippen LogP contribution in [0.5, 0.6) is 0 Å². The van der Waals surface area contributed by atoms with Crippen LogP contribution in [0.3, 0.4) is 0 Å². The van der Waals surface area contributed by atoms with Crippen molar-refractivity contribution in [2.24, 2.45) is 5.92 Å². The fourth-order valence-electron chi connectivity index (χ4n) is 2.20. The van der Waals surface area contributed by atoms with Crippen molar-refractivity contribution in [2.45, 2.75) is 32.9 Å². The highest BCUT2D eigenvalue weighted by Gasteiger charge is 2.26. The number of nitrogens with zero attached hydrogens (tertiary/aromatic N) is 3. The molecular weight excluding hydrogens is 315 g/mol. The molecule has 0 saturated heterocycles. The van der Waals surface area contributed by atoms with Crippen LogP contribution in [0.15, 0.2) is 30.5 Å². The van der Waals surface area contributed by atoms with Crippen LogP contribution in [0.1, 0.15) is 36.3 Å². The van der Waals surface area contributed by atoms with Gasteiger partial charge in [-0.25, -0.2) is 13.9 Å². The zero-order valence-electron chi connectivity index (χ0n) is 13.4. The van der Waals surface area contributed by atoms with Crippen molar-refractivity contribution in [2.75, 3.05) is 0 Å². The number of amides is 1. The van der Waals surface area contributed by atoms with Gasteiger partial charge in [0.1, 0.15) is 11.9 Å². The molecule has 1 aromatic heterocycles. The SMILES string of the molecule is CCC(C)C(NC(=O)c1cn(Cc2cccc(F)c2)nn1)C(=O)O. The second kappa shape index (κ2) is 7.67. The number of carboxylic acids is 1. The van der Waals surface area contributed by atoms with E-state index in [4.69, 9.17) is 0 Å². The van der Waals surface area contributed by atoms with E-state index in [2.05, 4.69) is 15.6 Å². The highest BCUT2D eigenvalue weighted by Crippen LogP contribution is 2.09. The summed E-state index contributed by atoms with van der Waals surface area (Å²) in [5, 5.41) is 19.2. The Bertz CT molecular complexity index is 732. The van der Waals surface area contributed by atoms with E-state index in [9.17, 15) is 19.1 Å². The van der Waals surface area contributed by atoms with Crippen LogP contribution in [0, 0.1) is 11.7 Å². The number of aromatic nitrogens is 3. The third-order valence-electron chi connectivity index (χ3n) is 3.77. The quantitative estimate of drug-likeness (QED) is 0.803. The van der Waals surface area contributed by atoms with Gasteiger partial charge in [0.2, 0.25) is 0 Å². The van der Waals surface area contributed by atoms with Gasteiger partial charge in [0.05, 0.1) is 12.7 Å². The predicted molar refractivity (Wildman–Crippen MR) is 83.9 cm³/mol. The van der Waals surface area contributed by atoms with Crippen molar-refractivity contribution >= 4 is 11.9 Å². The van der Waals surface area contributed by atoms with Gasteiger partial charge in [-0.1, -0.05) is 37.6 Å². The smallest absolute Gasteiger partial charge is 0.326 e. The fourth-order valence-corrected chi connectivity index (χ4v) is 2.20. The lowest BCUT2D eigenvalue weighted by molar-refractivity contribution is -0.140. The second-order valence-electron chi connectivity index (χ2n) is 5.61. The van der Waals surface area contributed by atoms with Gasteiger partial charge in [-0.3, -0.25) is 4.79 Å². The Morgan fingerprint density at radius 1 is 1.42 bits per heavy atom. The van der Waals surface area contributed by atoms with Gasteiger partial charge in [0.15, 0.2) is 5.69 Å². The minimum Gasteiger partial charge on any atom is -0.480 e. The van der Waals surface area contributed by atoms with E-state index >= 15 is 0 Å². The van der Waals surface area contributed by atoms with Crippen LogP contribution in [0.4, 0.5) is 4.39 Å². The Labute approximate surface area is 138 Å². The van der Waals surface area contributed by atoms with Gasteiger partial charge in [0, 0.05) is 0 Å². The Kier molecular flexibility index (Phi) is 5.62. The lowest BCUT2D eigenvalue weighted by Gasteiger charge is -2.19. The molecule has 0 aliphatic heterocycles. The summed E-state index contributed by atoms with van der Waals surface area (Å²) in [6, 6.07) is 5.03. The number of aliphatic carboxylic acids is 1. The second-order valence-corrected chi connectivity index (χ2v) is 5.61. The Morgan fingerprint density at radius 3 is 2.79 bits per heavy atom. The lowest BCUT2D eigenvalue weighted by Crippen LogP contribution is -2.45. The minimum absolute atomic E-state index is 0.0148. The molecule has 0 fully saturated rings. The third-order valence-corrected chi connectivity index (χ3v) is 3.77. The molecule has 0 saturated carbocycles. The van der Waals surface area contributed by atoms with Crippen molar-refractivity contribution in [3.05, 3.63) is 47.5 Å². The molecule has 128 valence electrons. The molecule has 2 unspecified atom stereocenters. The molecule has 0 aliphatic carbocycles. The molecule has 7 nitrogen and oxygen atoms in total. The standard InChI is InChI=1S/C16H19FN4O3/c1-3-10(2)14(16(23)24)18-15(22)13-9-21(20-19-13)8-11-5-4-6-12(17)7-11/h4-7,9-10,14H,3,8H2,1-2H3,(H,18,22)(H,23,24). The highest BCUT2D eigenvalue weighted by molar-refractivity contribution is 5.94. The average Bonchev–Trinajstić information content (AvgIpc) is 3.00. The summed E-state index contributed by atoms with van der Waals surface area (Å²) in [5.41, 5.74) is 0.691. The summed E-state index contributed by atoms with van der Waals surface area (Å²) >= 11 is 0. The number of benzene rings is 1. The fraction of sp³-hybridized carbons (Fsp3) is 0.375. The topological polar surface area (TPSA) is 97.1 Å². The maximum absolute atomic E-state index is 13.2. The van der Waals surface area contributed by atoms with Crippen molar-refractivity contribution in [3.8, 4) is 0 Å². The lowest BCUT2D eigenvalue weighted by atomic mass is 9.99. The largest absolute Gasteiger partial charge is 0.480 e. The van der Waals surface area contributed by atoms with Gasteiger partial charge in [-0.05, 0) is 23.6 Å². The number of carboxylic acid groups (broad SMARTS) is 1. The first-order chi connectivity index (χ1) is 11.4. The number of hydrogen-bond acceptors (Lipinski definition) is 4. The summed E-state index contributed by atoms with van der Waals surface area (Å²) in [7, 11) is 0. The summed E-state index contributed by atoms with van der Waals surface area (Å²) in [6.45, 7) is 3.85. The molecule has 0 spiro atoms. The zero-order valence-corrected chi connectivity index (χ0v) is 13.4. The molecule has 8 heteroatoms. The summed E-state index contributed by atoms with van der Waals surface area (Å²) < 4.78 is 14.6. The maximum atomic E-state index is 13.2. The van der Waals surface area contributed by atoms with Crippen molar-refractivity contribution in [3.63, 3.8) is 0 Å². The van der Waals surface area contributed by atoms with E-state index in [0.29, 0.717) is 12.0 Å². The predicted octanol–water partition coefficient (Wildman–Crippen LogP) is 1.69. The maximum Gasteiger partial charge on any atom is 0.326 e. The summed E-state index contributed by atoms with van der Waals surface area (Å²) in [5.74, 6) is -2.27. The van der Waals surface area contributed by atoms with Gasteiger partial charge >= 0.3 is 5.97 Å². The van der Waals surface area contributed by atoms with Crippen LogP contribution in [-0.4, -0.2) is 38.0 Å². The molecule has 0 aliphatic rings. The van der Waals surface area contributed by atoms with Crippen LogP contribution in [0.25, 0.3) is 0 Å². The first-order valence-corrected chi connectivity index (χ1v) is 7.59.